The summed E-state index contributed by atoms with van der Waals surface area (Å²) in [6.07, 6.45) is 0.987. The molecule has 0 saturated carbocycles. The Kier molecular flexibility index (Phi) is 4.81. The van der Waals surface area contributed by atoms with Crippen molar-refractivity contribution in [2.75, 3.05) is 19.4 Å². The van der Waals surface area contributed by atoms with Crippen molar-refractivity contribution in [1.82, 2.24) is 5.32 Å². The number of nitrogen functional groups attached to an aromatic ring is 1. The predicted octanol–water partition coefficient (Wildman–Crippen LogP) is 2.61. The third-order valence-corrected chi connectivity index (χ3v) is 3.03. The summed E-state index contributed by atoms with van der Waals surface area (Å²) in [6.45, 7) is 1.81. The zero-order valence-corrected chi connectivity index (χ0v) is 11.2. The van der Waals surface area contributed by atoms with E-state index in [1.54, 1.807) is 7.11 Å². The minimum absolute atomic E-state index is 0.827. The first kappa shape index (κ1) is 13.4. The topological polar surface area (TPSA) is 47.3 Å². The lowest BCUT2D eigenvalue weighted by atomic mass is 10.1. The van der Waals surface area contributed by atoms with Gasteiger partial charge in [-0.25, -0.2) is 0 Å². The van der Waals surface area contributed by atoms with Gasteiger partial charge in [0.15, 0.2) is 0 Å². The van der Waals surface area contributed by atoms with Crippen molar-refractivity contribution in [2.24, 2.45) is 0 Å². The third kappa shape index (κ3) is 4.30. The molecule has 0 bridgehead atoms. The Labute approximate surface area is 114 Å². The van der Waals surface area contributed by atoms with Gasteiger partial charge in [0, 0.05) is 12.2 Å². The highest BCUT2D eigenvalue weighted by atomic mass is 16.5. The number of ether oxygens (including phenoxy) is 1. The second kappa shape index (κ2) is 6.81. The van der Waals surface area contributed by atoms with Crippen LogP contribution in [-0.2, 0) is 13.0 Å². The van der Waals surface area contributed by atoms with Crippen molar-refractivity contribution >= 4 is 5.69 Å². The Morgan fingerprint density at radius 2 is 1.84 bits per heavy atom. The average Bonchev–Trinajstić information content (AvgIpc) is 2.44. The molecule has 0 aliphatic carbocycles. The van der Waals surface area contributed by atoms with Crippen LogP contribution in [0.1, 0.15) is 11.1 Å². The molecule has 3 heteroatoms. The number of benzene rings is 2. The first-order chi connectivity index (χ1) is 9.28. The van der Waals surface area contributed by atoms with Crippen LogP contribution < -0.4 is 15.8 Å². The van der Waals surface area contributed by atoms with Gasteiger partial charge in [-0.1, -0.05) is 24.3 Å². The quantitative estimate of drug-likeness (QED) is 0.617. The second-order valence-electron chi connectivity index (χ2n) is 4.52. The van der Waals surface area contributed by atoms with E-state index in [1.807, 2.05) is 30.3 Å². The van der Waals surface area contributed by atoms with Crippen LogP contribution in [0.4, 0.5) is 5.69 Å². The SMILES string of the molecule is COc1ccc(CNCCc2cccc(N)c2)cc1. The minimum Gasteiger partial charge on any atom is -0.497 e. The summed E-state index contributed by atoms with van der Waals surface area (Å²) in [5.41, 5.74) is 9.10. The zero-order valence-electron chi connectivity index (χ0n) is 11.2. The van der Waals surface area contributed by atoms with E-state index in [9.17, 15) is 0 Å². The van der Waals surface area contributed by atoms with E-state index in [0.717, 1.165) is 30.9 Å². The molecule has 0 spiro atoms. The maximum atomic E-state index is 5.75. The first-order valence-electron chi connectivity index (χ1n) is 6.46. The van der Waals surface area contributed by atoms with Crippen LogP contribution in [0.5, 0.6) is 5.75 Å². The third-order valence-electron chi connectivity index (χ3n) is 3.03. The molecule has 0 amide bonds. The molecule has 3 N–H and O–H groups in total. The summed E-state index contributed by atoms with van der Waals surface area (Å²) in [4.78, 5) is 0. The van der Waals surface area contributed by atoms with Crippen molar-refractivity contribution in [2.45, 2.75) is 13.0 Å². The van der Waals surface area contributed by atoms with Crippen molar-refractivity contribution in [3.8, 4) is 5.75 Å². The molecule has 0 fully saturated rings. The highest BCUT2D eigenvalue weighted by Crippen LogP contribution is 2.11. The number of hydrogen-bond acceptors (Lipinski definition) is 3. The summed E-state index contributed by atoms with van der Waals surface area (Å²) in [6, 6.07) is 16.1. The highest BCUT2D eigenvalue weighted by Gasteiger charge is 1.96. The molecule has 0 radical (unpaired) electrons. The van der Waals surface area contributed by atoms with E-state index in [0.29, 0.717) is 0 Å². The van der Waals surface area contributed by atoms with E-state index >= 15 is 0 Å². The molecule has 2 rings (SSSR count). The van der Waals surface area contributed by atoms with Gasteiger partial charge in [-0.15, -0.1) is 0 Å². The summed E-state index contributed by atoms with van der Waals surface area (Å²) in [7, 11) is 1.68. The van der Waals surface area contributed by atoms with E-state index in [-0.39, 0.29) is 0 Å². The van der Waals surface area contributed by atoms with Crippen LogP contribution in [0.15, 0.2) is 48.5 Å². The minimum atomic E-state index is 0.827. The Balaban J connectivity index is 1.74. The molecule has 2 aromatic rings. The van der Waals surface area contributed by atoms with Gasteiger partial charge >= 0.3 is 0 Å². The molecule has 0 heterocycles. The lowest BCUT2D eigenvalue weighted by Crippen LogP contribution is -2.16. The lowest BCUT2D eigenvalue weighted by molar-refractivity contribution is 0.414. The lowest BCUT2D eigenvalue weighted by Gasteiger charge is -2.06. The van der Waals surface area contributed by atoms with Gasteiger partial charge in [0.1, 0.15) is 5.75 Å². The van der Waals surface area contributed by atoms with Crippen LogP contribution in [0.3, 0.4) is 0 Å². The van der Waals surface area contributed by atoms with Crippen molar-refractivity contribution in [3.63, 3.8) is 0 Å². The average molecular weight is 256 g/mol. The molecule has 0 aliphatic rings. The predicted molar refractivity (Wildman–Crippen MR) is 79.3 cm³/mol. The van der Waals surface area contributed by atoms with Gasteiger partial charge in [-0.2, -0.15) is 0 Å². The van der Waals surface area contributed by atoms with Crippen LogP contribution in [0.2, 0.25) is 0 Å². The Morgan fingerprint density at radius 3 is 2.53 bits per heavy atom. The van der Waals surface area contributed by atoms with Crippen LogP contribution in [0, 0.1) is 0 Å². The molecule has 2 aromatic carbocycles. The van der Waals surface area contributed by atoms with Gasteiger partial charge in [0.25, 0.3) is 0 Å². The molecule has 19 heavy (non-hydrogen) atoms. The molecule has 100 valence electrons. The van der Waals surface area contributed by atoms with Crippen LogP contribution in [0.25, 0.3) is 0 Å². The van der Waals surface area contributed by atoms with Crippen LogP contribution >= 0.6 is 0 Å². The van der Waals surface area contributed by atoms with Gasteiger partial charge in [-0.3, -0.25) is 0 Å². The molecule has 0 unspecified atom stereocenters. The molecule has 0 aromatic heterocycles. The molecular weight excluding hydrogens is 236 g/mol. The standard InChI is InChI=1S/C16H20N2O/c1-19-16-7-5-14(6-8-16)12-18-10-9-13-3-2-4-15(17)11-13/h2-8,11,18H,9-10,12,17H2,1H3. The fourth-order valence-corrected chi connectivity index (χ4v) is 1.96. The highest BCUT2D eigenvalue weighted by molar-refractivity contribution is 5.40. The first-order valence-corrected chi connectivity index (χ1v) is 6.46. The van der Waals surface area contributed by atoms with E-state index in [1.165, 1.54) is 11.1 Å². The van der Waals surface area contributed by atoms with Gasteiger partial charge in [0.05, 0.1) is 7.11 Å². The normalized spacial score (nSPS) is 10.4. The Morgan fingerprint density at radius 1 is 1.05 bits per heavy atom. The molecule has 0 aliphatic heterocycles. The second-order valence-corrected chi connectivity index (χ2v) is 4.52. The number of rotatable bonds is 6. The zero-order chi connectivity index (χ0) is 13.5. The monoisotopic (exact) mass is 256 g/mol. The van der Waals surface area contributed by atoms with Gasteiger partial charge in [-0.05, 0) is 48.4 Å². The summed E-state index contributed by atoms with van der Waals surface area (Å²) >= 11 is 0. The van der Waals surface area contributed by atoms with E-state index in [2.05, 4.69) is 23.5 Å². The molecule has 0 atom stereocenters. The Bertz CT molecular complexity index is 508. The van der Waals surface area contributed by atoms with Crippen molar-refractivity contribution < 1.29 is 4.74 Å². The smallest absolute Gasteiger partial charge is 0.118 e. The maximum Gasteiger partial charge on any atom is 0.118 e. The van der Waals surface area contributed by atoms with E-state index < -0.39 is 0 Å². The number of hydrogen-bond donors (Lipinski definition) is 2. The fourth-order valence-electron chi connectivity index (χ4n) is 1.96. The summed E-state index contributed by atoms with van der Waals surface area (Å²) in [5.74, 6) is 0.892. The largest absolute Gasteiger partial charge is 0.497 e. The summed E-state index contributed by atoms with van der Waals surface area (Å²) in [5, 5.41) is 3.43. The molecule has 0 saturated heterocycles. The van der Waals surface area contributed by atoms with Gasteiger partial charge in [0.2, 0.25) is 0 Å². The fraction of sp³-hybridized carbons (Fsp3) is 0.250. The number of methoxy groups -OCH3 is 1. The number of nitrogens with two attached hydrogens (primary N) is 1. The molecule has 3 nitrogen and oxygen atoms in total. The number of nitrogens with one attached hydrogen (secondary N) is 1. The maximum absolute atomic E-state index is 5.75. The van der Waals surface area contributed by atoms with Crippen molar-refractivity contribution in [1.29, 1.82) is 0 Å². The van der Waals surface area contributed by atoms with E-state index in [4.69, 9.17) is 10.5 Å². The van der Waals surface area contributed by atoms with Crippen LogP contribution in [-0.4, -0.2) is 13.7 Å². The van der Waals surface area contributed by atoms with Gasteiger partial charge < -0.3 is 15.8 Å². The van der Waals surface area contributed by atoms with Crippen molar-refractivity contribution in [3.05, 3.63) is 59.7 Å². The molecular formula is C16H20N2O. The summed E-state index contributed by atoms with van der Waals surface area (Å²) < 4.78 is 5.13. The Hall–Kier alpha value is -2.00. The number of anilines is 1.